The number of aromatic nitrogens is 2. The molecular weight excluding hydrogens is 246 g/mol. The van der Waals surface area contributed by atoms with Crippen LogP contribution in [0.3, 0.4) is 0 Å². The maximum Gasteiger partial charge on any atom is 0.147 e. The maximum absolute atomic E-state index is 6.19. The van der Waals surface area contributed by atoms with Crippen LogP contribution in [0.2, 0.25) is 0 Å². The fraction of sp³-hybridized carbons (Fsp3) is 0.765. The molecule has 5 rings (SSSR count). The van der Waals surface area contributed by atoms with Gasteiger partial charge in [0.1, 0.15) is 5.82 Å². The highest BCUT2D eigenvalue weighted by atomic mass is 15.0. The highest BCUT2D eigenvalue weighted by Gasteiger charge is 2.52. The lowest BCUT2D eigenvalue weighted by atomic mass is 9.49. The predicted molar refractivity (Wildman–Crippen MR) is 79.1 cm³/mol. The van der Waals surface area contributed by atoms with Crippen LogP contribution in [0.4, 0.5) is 0 Å². The lowest BCUT2D eigenvalue weighted by Crippen LogP contribution is -2.49. The third-order valence-electron chi connectivity index (χ3n) is 5.81. The van der Waals surface area contributed by atoms with Crippen molar-refractivity contribution in [3.8, 4) is 0 Å². The molecule has 2 N–H and O–H groups in total. The van der Waals surface area contributed by atoms with E-state index in [0.29, 0.717) is 5.41 Å². The lowest BCUT2D eigenvalue weighted by molar-refractivity contribution is -0.00743. The lowest BCUT2D eigenvalue weighted by Gasteiger charge is -2.56. The third kappa shape index (κ3) is 1.90. The summed E-state index contributed by atoms with van der Waals surface area (Å²) in [4.78, 5) is 9.30. The van der Waals surface area contributed by atoms with E-state index in [0.717, 1.165) is 23.6 Å². The van der Waals surface area contributed by atoms with Crippen molar-refractivity contribution in [2.24, 2.45) is 23.5 Å². The first-order chi connectivity index (χ1) is 9.45. The maximum atomic E-state index is 6.19. The van der Waals surface area contributed by atoms with Gasteiger partial charge in [0, 0.05) is 11.6 Å². The van der Waals surface area contributed by atoms with Gasteiger partial charge in [-0.15, -0.1) is 0 Å². The molecule has 3 heteroatoms. The van der Waals surface area contributed by atoms with E-state index >= 15 is 0 Å². The normalized spacial score (nSPS) is 39.2. The monoisotopic (exact) mass is 271 g/mol. The van der Waals surface area contributed by atoms with Crippen LogP contribution in [-0.4, -0.2) is 9.97 Å². The number of hydrogen-bond acceptors (Lipinski definition) is 3. The molecule has 1 aromatic rings. The summed E-state index contributed by atoms with van der Waals surface area (Å²) >= 11 is 0. The smallest absolute Gasteiger partial charge is 0.147 e. The summed E-state index contributed by atoms with van der Waals surface area (Å²) < 4.78 is 0. The molecule has 4 fully saturated rings. The van der Waals surface area contributed by atoms with Gasteiger partial charge in [-0.3, -0.25) is 0 Å². The first-order valence-electron chi connectivity index (χ1n) is 8.07. The van der Waals surface area contributed by atoms with Gasteiger partial charge in [-0.2, -0.15) is 0 Å². The van der Waals surface area contributed by atoms with E-state index in [9.17, 15) is 0 Å². The van der Waals surface area contributed by atoms with Gasteiger partial charge in [0.25, 0.3) is 0 Å². The fourth-order valence-corrected chi connectivity index (χ4v) is 5.39. The molecule has 0 aliphatic heterocycles. The van der Waals surface area contributed by atoms with E-state index in [-0.39, 0.29) is 0 Å². The summed E-state index contributed by atoms with van der Waals surface area (Å²) in [6, 6.07) is 2.16. The van der Waals surface area contributed by atoms with E-state index in [2.05, 4.69) is 11.1 Å². The Morgan fingerprint density at radius 3 is 2.15 bits per heavy atom. The Kier molecular flexibility index (Phi) is 2.57. The zero-order valence-corrected chi connectivity index (χ0v) is 12.6. The molecule has 3 nitrogen and oxygen atoms in total. The van der Waals surface area contributed by atoms with E-state index in [1.165, 1.54) is 44.2 Å². The molecule has 4 bridgehead atoms. The number of hydrogen-bond donors (Lipinski definition) is 1. The molecule has 4 aliphatic rings. The van der Waals surface area contributed by atoms with E-state index < -0.39 is 5.54 Å². The minimum absolute atomic E-state index is 0.345. The van der Waals surface area contributed by atoms with Gasteiger partial charge in [0.2, 0.25) is 0 Å². The van der Waals surface area contributed by atoms with E-state index in [1.54, 1.807) is 0 Å². The summed E-state index contributed by atoms with van der Waals surface area (Å²) in [6.07, 6.45) is 10.4. The molecule has 0 spiro atoms. The molecule has 0 aromatic carbocycles. The topological polar surface area (TPSA) is 51.8 Å². The molecule has 0 radical (unpaired) electrons. The van der Waals surface area contributed by atoms with Crippen molar-refractivity contribution in [1.82, 2.24) is 9.97 Å². The zero-order chi connectivity index (χ0) is 14.0. The SMILES string of the molecule is CC(C)(N)c1nccc(C23CC4CC(CC(C4)C2)C3)n1. The molecule has 4 aliphatic carbocycles. The Morgan fingerprint density at radius 2 is 1.65 bits per heavy atom. The minimum atomic E-state index is -0.446. The quantitative estimate of drug-likeness (QED) is 0.899. The van der Waals surface area contributed by atoms with Crippen LogP contribution in [-0.2, 0) is 11.0 Å². The molecular formula is C17H25N3. The molecule has 0 atom stereocenters. The standard InChI is InChI=1S/C17H25N3/c1-16(2,18)15-19-4-3-14(20-15)17-8-11-5-12(9-17)7-13(6-11)10-17/h3-4,11-13H,5-10,18H2,1-2H3. The van der Waals surface area contributed by atoms with Crippen LogP contribution in [0.1, 0.15) is 63.9 Å². The molecule has 108 valence electrons. The molecule has 20 heavy (non-hydrogen) atoms. The van der Waals surface area contributed by atoms with Crippen LogP contribution in [0.25, 0.3) is 0 Å². The van der Waals surface area contributed by atoms with Gasteiger partial charge in [0.15, 0.2) is 0 Å². The van der Waals surface area contributed by atoms with Crippen molar-refractivity contribution in [3.63, 3.8) is 0 Å². The van der Waals surface area contributed by atoms with Gasteiger partial charge >= 0.3 is 0 Å². The van der Waals surface area contributed by atoms with Crippen molar-refractivity contribution >= 4 is 0 Å². The van der Waals surface area contributed by atoms with Gasteiger partial charge in [-0.05, 0) is 76.2 Å². The number of nitrogens with two attached hydrogens (primary N) is 1. The van der Waals surface area contributed by atoms with Gasteiger partial charge in [-0.25, -0.2) is 9.97 Å². The average Bonchev–Trinajstić information content (AvgIpc) is 2.36. The highest BCUT2D eigenvalue weighted by molar-refractivity contribution is 5.23. The summed E-state index contributed by atoms with van der Waals surface area (Å²) in [6.45, 7) is 3.98. The van der Waals surface area contributed by atoms with E-state index in [4.69, 9.17) is 10.7 Å². The Balaban J connectivity index is 1.74. The summed E-state index contributed by atoms with van der Waals surface area (Å²) in [7, 11) is 0. The molecule has 0 saturated heterocycles. The number of nitrogens with zero attached hydrogens (tertiary/aromatic N) is 2. The predicted octanol–water partition coefficient (Wildman–Crippen LogP) is 3.14. The van der Waals surface area contributed by atoms with Crippen molar-refractivity contribution in [2.45, 2.75) is 63.3 Å². The van der Waals surface area contributed by atoms with Crippen molar-refractivity contribution < 1.29 is 0 Å². The second kappa shape index (κ2) is 4.03. The average molecular weight is 271 g/mol. The summed E-state index contributed by atoms with van der Waals surface area (Å²) in [5, 5.41) is 0. The van der Waals surface area contributed by atoms with Crippen molar-refractivity contribution in [2.75, 3.05) is 0 Å². The zero-order valence-electron chi connectivity index (χ0n) is 12.6. The van der Waals surface area contributed by atoms with Crippen molar-refractivity contribution in [3.05, 3.63) is 23.8 Å². The first kappa shape index (κ1) is 12.8. The van der Waals surface area contributed by atoms with Crippen LogP contribution in [0.15, 0.2) is 12.3 Å². The van der Waals surface area contributed by atoms with Crippen LogP contribution >= 0.6 is 0 Å². The number of rotatable bonds is 2. The Hall–Kier alpha value is -0.960. The fourth-order valence-electron chi connectivity index (χ4n) is 5.39. The largest absolute Gasteiger partial charge is 0.319 e. The van der Waals surface area contributed by atoms with Crippen LogP contribution in [0.5, 0.6) is 0 Å². The molecule has 0 unspecified atom stereocenters. The molecule has 1 heterocycles. The summed E-state index contributed by atoms with van der Waals surface area (Å²) in [5.74, 6) is 3.65. The minimum Gasteiger partial charge on any atom is -0.319 e. The Bertz CT molecular complexity index is 494. The second-order valence-corrected chi connectivity index (χ2v) is 8.19. The molecule has 1 aromatic heterocycles. The first-order valence-corrected chi connectivity index (χ1v) is 8.07. The Labute approximate surface area is 121 Å². The van der Waals surface area contributed by atoms with E-state index in [1.807, 2.05) is 20.0 Å². The summed E-state index contributed by atoms with van der Waals surface area (Å²) in [5.41, 5.74) is 7.37. The molecule has 4 saturated carbocycles. The van der Waals surface area contributed by atoms with Crippen LogP contribution < -0.4 is 5.73 Å². The van der Waals surface area contributed by atoms with Gasteiger partial charge in [0.05, 0.1) is 11.2 Å². The highest BCUT2D eigenvalue weighted by Crippen LogP contribution is 2.60. The second-order valence-electron chi connectivity index (χ2n) is 8.19. The van der Waals surface area contributed by atoms with Crippen LogP contribution in [0, 0.1) is 17.8 Å². The van der Waals surface area contributed by atoms with Crippen molar-refractivity contribution in [1.29, 1.82) is 0 Å². The third-order valence-corrected chi connectivity index (χ3v) is 5.81. The van der Waals surface area contributed by atoms with Gasteiger partial charge < -0.3 is 5.73 Å². The van der Waals surface area contributed by atoms with Gasteiger partial charge in [-0.1, -0.05) is 0 Å². The molecule has 0 amide bonds. The Morgan fingerprint density at radius 1 is 1.10 bits per heavy atom.